The third-order valence-electron chi connectivity index (χ3n) is 4.30. The molecular formula is C18H21NO2S. The van der Waals surface area contributed by atoms with Crippen LogP contribution in [0.1, 0.15) is 35.6 Å². The van der Waals surface area contributed by atoms with E-state index in [9.17, 15) is 8.42 Å². The Balaban J connectivity index is 1.88. The van der Waals surface area contributed by atoms with Crippen LogP contribution in [0, 0.1) is 6.92 Å². The fourth-order valence-corrected chi connectivity index (χ4v) is 5.01. The van der Waals surface area contributed by atoms with Crippen LogP contribution in [-0.4, -0.2) is 19.3 Å². The lowest BCUT2D eigenvalue weighted by Gasteiger charge is -2.25. The summed E-state index contributed by atoms with van der Waals surface area (Å²) in [5.41, 5.74) is 3.14. The van der Waals surface area contributed by atoms with Crippen molar-refractivity contribution in [3.05, 3.63) is 71.3 Å². The molecule has 0 N–H and O–H groups in total. The Morgan fingerprint density at radius 2 is 1.73 bits per heavy atom. The van der Waals surface area contributed by atoms with Crippen molar-refractivity contribution in [1.29, 1.82) is 0 Å². The van der Waals surface area contributed by atoms with E-state index in [1.807, 2.05) is 42.5 Å². The molecular weight excluding hydrogens is 294 g/mol. The number of benzene rings is 2. The highest BCUT2D eigenvalue weighted by Gasteiger charge is 2.35. The summed E-state index contributed by atoms with van der Waals surface area (Å²) in [5.74, 6) is 0.0796. The van der Waals surface area contributed by atoms with E-state index in [-0.39, 0.29) is 11.8 Å². The van der Waals surface area contributed by atoms with Gasteiger partial charge in [-0.3, -0.25) is 0 Å². The molecule has 0 radical (unpaired) electrons. The second kappa shape index (κ2) is 6.23. The number of sulfonamides is 1. The van der Waals surface area contributed by atoms with E-state index in [0.717, 1.165) is 29.5 Å². The Morgan fingerprint density at radius 1 is 1.05 bits per heavy atom. The Bertz CT molecular complexity index is 741. The van der Waals surface area contributed by atoms with Gasteiger partial charge in [-0.1, -0.05) is 54.6 Å². The highest BCUT2D eigenvalue weighted by Crippen LogP contribution is 2.36. The fraction of sp³-hybridized carbons (Fsp3) is 0.333. The van der Waals surface area contributed by atoms with Crippen LogP contribution in [0.3, 0.4) is 0 Å². The van der Waals surface area contributed by atoms with Crippen molar-refractivity contribution in [2.24, 2.45) is 0 Å². The van der Waals surface area contributed by atoms with Crippen molar-refractivity contribution in [3.63, 3.8) is 0 Å². The van der Waals surface area contributed by atoms with Crippen molar-refractivity contribution in [2.45, 2.75) is 31.6 Å². The predicted octanol–water partition coefficient (Wildman–Crippen LogP) is 3.66. The summed E-state index contributed by atoms with van der Waals surface area (Å²) < 4.78 is 27.3. The molecule has 3 nitrogen and oxygen atoms in total. The topological polar surface area (TPSA) is 37.4 Å². The predicted molar refractivity (Wildman–Crippen MR) is 88.9 cm³/mol. The minimum absolute atomic E-state index is 0.0186. The first-order chi connectivity index (χ1) is 10.6. The van der Waals surface area contributed by atoms with Gasteiger partial charge in [-0.2, -0.15) is 4.31 Å². The molecule has 2 aromatic carbocycles. The van der Waals surface area contributed by atoms with Crippen molar-refractivity contribution < 1.29 is 8.42 Å². The third-order valence-corrected chi connectivity index (χ3v) is 6.15. The summed E-state index contributed by atoms with van der Waals surface area (Å²) in [6, 6.07) is 17.5. The van der Waals surface area contributed by atoms with Crippen molar-refractivity contribution in [3.8, 4) is 0 Å². The summed E-state index contributed by atoms with van der Waals surface area (Å²) in [4.78, 5) is 0. The zero-order chi connectivity index (χ0) is 15.6. The molecule has 3 rings (SSSR count). The van der Waals surface area contributed by atoms with E-state index in [4.69, 9.17) is 0 Å². The van der Waals surface area contributed by atoms with Crippen LogP contribution in [0.5, 0.6) is 0 Å². The molecule has 1 atom stereocenters. The van der Waals surface area contributed by atoms with Gasteiger partial charge in [0.2, 0.25) is 10.0 Å². The maximum absolute atomic E-state index is 12.8. The lowest BCUT2D eigenvalue weighted by molar-refractivity contribution is 0.395. The molecule has 1 fully saturated rings. The second-order valence-corrected chi connectivity index (χ2v) is 7.79. The zero-order valence-corrected chi connectivity index (χ0v) is 13.6. The van der Waals surface area contributed by atoms with Gasteiger partial charge < -0.3 is 0 Å². The number of hydrogen-bond donors (Lipinski definition) is 0. The summed E-state index contributed by atoms with van der Waals surface area (Å²) in [7, 11) is -3.29. The molecule has 116 valence electrons. The van der Waals surface area contributed by atoms with Gasteiger partial charge in [0.15, 0.2) is 0 Å². The summed E-state index contributed by atoms with van der Waals surface area (Å²) >= 11 is 0. The summed E-state index contributed by atoms with van der Waals surface area (Å²) in [6.07, 6.45) is 1.83. The molecule has 0 saturated carbocycles. The van der Waals surface area contributed by atoms with Crippen LogP contribution in [-0.2, 0) is 15.8 Å². The largest absolute Gasteiger partial charge is 0.218 e. The van der Waals surface area contributed by atoms with E-state index >= 15 is 0 Å². The monoisotopic (exact) mass is 315 g/mol. The van der Waals surface area contributed by atoms with Gasteiger partial charge in [-0.15, -0.1) is 0 Å². The van der Waals surface area contributed by atoms with Gasteiger partial charge in [0.25, 0.3) is 0 Å². The van der Waals surface area contributed by atoms with Gasteiger partial charge in [0.1, 0.15) is 0 Å². The maximum Gasteiger partial charge on any atom is 0.218 e. The Morgan fingerprint density at radius 3 is 2.45 bits per heavy atom. The summed E-state index contributed by atoms with van der Waals surface area (Å²) in [5, 5.41) is 0. The highest BCUT2D eigenvalue weighted by molar-refractivity contribution is 7.88. The van der Waals surface area contributed by atoms with Crippen LogP contribution in [0.15, 0.2) is 54.6 Å². The van der Waals surface area contributed by atoms with Crippen LogP contribution >= 0.6 is 0 Å². The molecule has 1 unspecified atom stereocenters. The highest BCUT2D eigenvalue weighted by atomic mass is 32.2. The molecule has 22 heavy (non-hydrogen) atoms. The van der Waals surface area contributed by atoms with Crippen LogP contribution in [0.25, 0.3) is 0 Å². The number of aryl methyl sites for hydroxylation is 1. The SMILES string of the molecule is Cc1ccccc1C1CCCN1S(=O)(=O)Cc1ccccc1. The average molecular weight is 315 g/mol. The number of nitrogens with zero attached hydrogens (tertiary/aromatic N) is 1. The molecule has 0 aromatic heterocycles. The maximum atomic E-state index is 12.8. The third kappa shape index (κ3) is 3.08. The Kier molecular flexibility index (Phi) is 4.32. The van der Waals surface area contributed by atoms with Gasteiger partial charge in [-0.05, 0) is 36.5 Å². The molecule has 0 amide bonds. The standard InChI is InChI=1S/C18H21NO2S/c1-15-8-5-6-11-17(15)18-12-7-13-19(18)22(20,21)14-16-9-3-2-4-10-16/h2-6,8-11,18H,7,12-14H2,1H3. The first-order valence-electron chi connectivity index (χ1n) is 7.67. The van der Waals surface area contributed by atoms with Crippen molar-refractivity contribution in [1.82, 2.24) is 4.31 Å². The Labute approximate surface area is 132 Å². The Hall–Kier alpha value is -1.65. The van der Waals surface area contributed by atoms with E-state index in [1.54, 1.807) is 4.31 Å². The van der Waals surface area contributed by atoms with Crippen LogP contribution in [0.2, 0.25) is 0 Å². The average Bonchev–Trinajstić information content (AvgIpc) is 2.98. The lowest BCUT2D eigenvalue weighted by atomic mass is 10.0. The summed E-state index contributed by atoms with van der Waals surface area (Å²) in [6.45, 7) is 2.67. The van der Waals surface area contributed by atoms with Gasteiger partial charge in [0, 0.05) is 6.54 Å². The lowest BCUT2D eigenvalue weighted by Crippen LogP contribution is -2.32. The van der Waals surface area contributed by atoms with Gasteiger partial charge in [-0.25, -0.2) is 8.42 Å². The van der Waals surface area contributed by atoms with E-state index < -0.39 is 10.0 Å². The smallest absolute Gasteiger partial charge is 0.212 e. The number of rotatable bonds is 4. The normalized spacial score (nSPS) is 19.4. The minimum atomic E-state index is -3.29. The molecule has 1 aliphatic rings. The van der Waals surface area contributed by atoms with Gasteiger partial charge in [0.05, 0.1) is 11.8 Å². The first-order valence-corrected chi connectivity index (χ1v) is 9.28. The molecule has 1 heterocycles. The van der Waals surface area contributed by atoms with E-state index in [0.29, 0.717) is 6.54 Å². The van der Waals surface area contributed by atoms with Crippen molar-refractivity contribution in [2.75, 3.05) is 6.54 Å². The second-order valence-electron chi connectivity index (χ2n) is 5.87. The fourth-order valence-electron chi connectivity index (χ4n) is 3.21. The first kappa shape index (κ1) is 15.3. The zero-order valence-electron chi connectivity index (χ0n) is 12.8. The molecule has 2 aromatic rings. The van der Waals surface area contributed by atoms with E-state index in [1.165, 1.54) is 0 Å². The number of hydrogen-bond acceptors (Lipinski definition) is 2. The van der Waals surface area contributed by atoms with Crippen LogP contribution in [0.4, 0.5) is 0 Å². The molecule has 0 aliphatic carbocycles. The van der Waals surface area contributed by atoms with Gasteiger partial charge >= 0.3 is 0 Å². The molecule has 0 spiro atoms. The molecule has 1 saturated heterocycles. The van der Waals surface area contributed by atoms with Crippen molar-refractivity contribution >= 4 is 10.0 Å². The van der Waals surface area contributed by atoms with E-state index in [2.05, 4.69) is 19.1 Å². The molecule has 4 heteroatoms. The quantitative estimate of drug-likeness (QED) is 0.863. The minimum Gasteiger partial charge on any atom is -0.212 e. The van der Waals surface area contributed by atoms with Crippen LogP contribution < -0.4 is 0 Å². The molecule has 0 bridgehead atoms. The molecule has 1 aliphatic heterocycles.